The Morgan fingerprint density at radius 1 is 0.917 bits per heavy atom. The first-order valence-corrected chi connectivity index (χ1v) is 7.94. The lowest BCUT2D eigenvalue weighted by Crippen LogP contribution is -2.46. The molecule has 0 aliphatic carbocycles. The molecule has 24 heavy (non-hydrogen) atoms. The molecule has 0 aromatic heterocycles. The molecule has 1 saturated heterocycles. The number of hydrogen-bond donors (Lipinski definition) is 1. The molecule has 1 heterocycles. The summed E-state index contributed by atoms with van der Waals surface area (Å²) in [6.45, 7) is 7.01. The highest BCUT2D eigenvalue weighted by molar-refractivity contribution is 5.98. The van der Waals surface area contributed by atoms with Crippen molar-refractivity contribution in [3.8, 4) is 0 Å². The highest BCUT2D eigenvalue weighted by atomic mass is 19.1. The zero-order valence-corrected chi connectivity index (χ0v) is 13.4. The van der Waals surface area contributed by atoms with E-state index in [1.807, 2.05) is 36.4 Å². The van der Waals surface area contributed by atoms with E-state index in [1.165, 1.54) is 18.2 Å². The molecule has 0 unspecified atom stereocenters. The Bertz CT molecular complexity index is 704. The Kier molecular flexibility index (Phi) is 4.79. The predicted molar refractivity (Wildman–Crippen MR) is 96.1 cm³/mol. The molecule has 124 valence electrons. The largest absolute Gasteiger partial charge is 0.368 e. The summed E-state index contributed by atoms with van der Waals surface area (Å²) < 4.78 is 13.0. The predicted octanol–water partition coefficient (Wildman–Crippen LogP) is 3.28. The number of amides is 1. The number of piperazine rings is 1. The zero-order chi connectivity index (χ0) is 16.9. The molecule has 0 atom stereocenters. The maximum Gasteiger partial charge on any atom is 0.247 e. The van der Waals surface area contributed by atoms with Crippen molar-refractivity contribution >= 4 is 23.0 Å². The fraction of sp³-hybridized carbons (Fsp3) is 0.211. The Balaban J connectivity index is 1.59. The lowest BCUT2D eigenvalue weighted by molar-refractivity contribution is -0.111. The van der Waals surface area contributed by atoms with Gasteiger partial charge in [0, 0.05) is 43.2 Å². The first-order chi connectivity index (χ1) is 11.7. The van der Waals surface area contributed by atoms with Gasteiger partial charge in [-0.25, -0.2) is 4.39 Å². The normalized spacial score (nSPS) is 14.4. The van der Waals surface area contributed by atoms with Crippen molar-refractivity contribution in [2.24, 2.45) is 0 Å². The number of halogens is 1. The third kappa shape index (κ3) is 3.74. The topological polar surface area (TPSA) is 35.6 Å². The van der Waals surface area contributed by atoms with Crippen molar-refractivity contribution < 1.29 is 9.18 Å². The SMILES string of the molecule is C=CC(=O)Nc1ccc(N2CCN(c3ccc(F)cc3)CC2)cc1. The molecule has 0 radical (unpaired) electrons. The number of carbonyl (C=O) groups excluding carboxylic acids is 1. The van der Waals surface area contributed by atoms with E-state index < -0.39 is 0 Å². The molecule has 1 aliphatic rings. The van der Waals surface area contributed by atoms with Crippen LogP contribution >= 0.6 is 0 Å². The number of hydrogen-bond acceptors (Lipinski definition) is 3. The number of benzene rings is 2. The molecular formula is C19H20FN3O. The van der Waals surface area contributed by atoms with Gasteiger partial charge in [-0.3, -0.25) is 4.79 Å². The number of nitrogens with zero attached hydrogens (tertiary/aromatic N) is 2. The van der Waals surface area contributed by atoms with Gasteiger partial charge in [0.25, 0.3) is 0 Å². The van der Waals surface area contributed by atoms with Crippen LogP contribution in [-0.4, -0.2) is 32.1 Å². The van der Waals surface area contributed by atoms with Crippen LogP contribution in [0.5, 0.6) is 0 Å². The zero-order valence-electron chi connectivity index (χ0n) is 13.4. The molecule has 1 fully saturated rings. The van der Waals surface area contributed by atoms with Crippen molar-refractivity contribution in [2.45, 2.75) is 0 Å². The van der Waals surface area contributed by atoms with Gasteiger partial charge < -0.3 is 15.1 Å². The van der Waals surface area contributed by atoms with E-state index in [0.717, 1.165) is 43.2 Å². The van der Waals surface area contributed by atoms with Crippen molar-refractivity contribution in [1.29, 1.82) is 0 Å². The second-order valence-electron chi connectivity index (χ2n) is 5.69. The summed E-state index contributed by atoms with van der Waals surface area (Å²) in [6, 6.07) is 14.4. The molecule has 2 aromatic carbocycles. The summed E-state index contributed by atoms with van der Waals surface area (Å²) in [4.78, 5) is 15.9. The Morgan fingerprint density at radius 2 is 1.38 bits per heavy atom. The van der Waals surface area contributed by atoms with Gasteiger partial charge in [-0.2, -0.15) is 0 Å². The van der Waals surface area contributed by atoms with Crippen molar-refractivity contribution in [3.63, 3.8) is 0 Å². The summed E-state index contributed by atoms with van der Waals surface area (Å²) in [5.41, 5.74) is 2.94. The van der Waals surface area contributed by atoms with Gasteiger partial charge in [0.1, 0.15) is 5.82 Å². The van der Waals surface area contributed by atoms with E-state index in [0.29, 0.717) is 0 Å². The standard InChI is InChI=1S/C19H20FN3O/c1-2-19(24)21-16-5-9-18(10-6-16)23-13-11-22(12-14-23)17-7-3-15(20)4-8-17/h2-10H,1,11-14H2,(H,21,24). The minimum atomic E-state index is -0.212. The Labute approximate surface area is 141 Å². The summed E-state index contributed by atoms with van der Waals surface area (Å²) in [6.07, 6.45) is 1.25. The average molecular weight is 325 g/mol. The fourth-order valence-electron chi connectivity index (χ4n) is 2.82. The minimum Gasteiger partial charge on any atom is -0.368 e. The van der Waals surface area contributed by atoms with Crippen LogP contribution in [0.25, 0.3) is 0 Å². The lowest BCUT2D eigenvalue weighted by Gasteiger charge is -2.37. The molecule has 0 saturated carbocycles. The molecule has 1 N–H and O–H groups in total. The van der Waals surface area contributed by atoms with Crippen molar-refractivity contribution in [1.82, 2.24) is 0 Å². The second kappa shape index (κ2) is 7.17. The molecular weight excluding hydrogens is 305 g/mol. The van der Waals surface area contributed by atoms with Gasteiger partial charge in [0.15, 0.2) is 0 Å². The third-order valence-corrected chi connectivity index (χ3v) is 4.16. The Hall–Kier alpha value is -2.82. The maximum absolute atomic E-state index is 13.0. The molecule has 0 bridgehead atoms. The second-order valence-corrected chi connectivity index (χ2v) is 5.69. The molecule has 2 aromatic rings. The van der Waals surface area contributed by atoms with Crippen LogP contribution in [0.15, 0.2) is 61.2 Å². The van der Waals surface area contributed by atoms with Gasteiger partial charge in [0.2, 0.25) is 5.91 Å². The van der Waals surface area contributed by atoms with Crippen LogP contribution in [0.4, 0.5) is 21.5 Å². The number of nitrogens with one attached hydrogen (secondary N) is 1. The van der Waals surface area contributed by atoms with Crippen molar-refractivity contribution in [2.75, 3.05) is 41.3 Å². The van der Waals surface area contributed by atoms with E-state index in [4.69, 9.17) is 0 Å². The summed E-state index contributed by atoms with van der Waals surface area (Å²) in [5.74, 6) is -0.420. The van der Waals surface area contributed by atoms with Crippen LogP contribution in [0, 0.1) is 5.82 Å². The van der Waals surface area contributed by atoms with Gasteiger partial charge in [-0.1, -0.05) is 6.58 Å². The molecule has 5 heteroatoms. The Morgan fingerprint density at radius 3 is 1.83 bits per heavy atom. The number of anilines is 3. The third-order valence-electron chi connectivity index (χ3n) is 4.16. The van der Waals surface area contributed by atoms with Gasteiger partial charge in [-0.05, 0) is 54.6 Å². The average Bonchev–Trinajstić information content (AvgIpc) is 2.63. The van der Waals surface area contributed by atoms with E-state index >= 15 is 0 Å². The number of rotatable bonds is 4. The monoisotopic (exact) mass is 325 g/mol. The molecule has 4 nitrogen and oxygen atoms in total. The van der Waals surface area contributed by atoms with E-state index in [9.17, 15) is 9.18 Å². The quantitative estimate of drug-likeness (QED) is 0.876. The molecule has 1 aliphatic heterocycles. The summed E-state index contributed by atoms with van der Waals surface area (Å²) in [5, 5.41) is 2.74. The molecule has 1 amide bonds. The summed E-state index contributed by atoms with van der Waals surface area (Å²) >= 11 is 0. The smallest absolute Gasteiger partial charge is 0.247 e. The van der Waals surface area contributed by atoms with Crippen LogP contribution in [-0.2, 0) is 4.79 Å². The maximum atomic E-state index is 13.0. The summed E-state index contributed by atoms with van der Waals surface area (Å²) in [7, 11) is 0. The highest BCUT2D eigenvalue weighted by Crippen LogP contribution is 2.22. The molecule has 3 rings (SSSR count). The lowest BCUT2D eigenvalue weighted by atomic mass is 10.2. The fourth-order valence-corrected chi connectivity index (χ4v) is 2.82. The van der Waals surface area contributed by atoms with Crippen molar-refractivity contribution in [3.05, 3.63) is 67.0 Å². The highest BCUT2D eigenvalue weighted by Gasteiger charge is 2.17. The van der Waals surface area contributed by atoms with E-state index in [1.54, 1.807) is 0 Å². The minimum absolute atomic E-state index is 0.207. The van der Waals surface area contributed by atoms with Crippen LogP contribution in [0.3, 0.4) is 0 Å². The molecule has 0 spiro atoms. The number of carbonyl (C=O) groups is 1. The van der Waals surface area contributed by atoms with Crippen LogP contribution in [0.1, 0.15) is 0 Å². The van der Waals surface area contributed by atoms with E-state index in [-0.39, 0.29) is 11.7 Å². The van der Waals surface area contributed by atoms with Crippen LogP contribution < -0.4 is 15.1 Å². The first kappa shape index (κ1) is 16.1. The van der Waals surface area contributed by atoms with Gasteiger partial charge in [-0.15, -0.1) is 0 Å². The van der Waals surface area contributed by atoms with Gasteiger partial charge in [0.05, 0.1) is 0 Å². The van der Waals surface area contributed by atoms with E-state index in [2.05, 4.69) is 21.7 Å². The van der Waals surface area contributed by atoms with Crippen LogP contribution in [0.2, 0.25) is 0 Å². The first-order valence-electron chi connectivity index (χ1n) is 7.94. The van der Waals surface area contributed by atoms with Gasteiger partial charge >= 0.3 is 0 Å².